The molecular formula is C16H26N4O2S. The van der Waals surface area contributed by atoms with Gasteiger partial charge in [0, 0.05) is 37.4 Å². The van der Waals surface area contributed by atoms with Gasteiger partial charge in [0.05, 0.1) is 0 Å². The zero-order chi connectivity index (χ0) is 16.4. The Balaban J connectivity index is 1.61. The third-order valence-corrected chi connectivity index (χ3v) is 6.85. The van der Waals surface area contributed by atoms with E-state index in [4.69, 9.17) is 0 Å². The van der Waals surface area contributed by atoms with Crippen molar-refractivity contribution in [3.63, 3.8) is 0 Å². The Labute approximate surface area is 138 Å². The first kappa shape index (κ1) is 16.7. The standard InChI is InChI=1S/C16H26N4O2S/c1-12-16(13(2)19-18-12)23(21,22)17-11-14-5-7-15(8-6-14)20-9-3-4-10-20/h5-8,12-13,16-19H,3-4,9-11H2,1-2H3. The number of anilines is 1. The highest BCUT2D eigenvalue weighted by atomic mass is 32.2. The van der Waals surface area contributed by atoms with E-state index in [1.807, 2.05) is 26.0 Å². The van der Waals surface area contributed by atoms with E-state index in [0.29, 0.717) is 6.54 Å². The average Bonchev–Trinajstić information content (AvgIpc) is 3.16. The Morgan fingerprint density at radius 2 is 1.65 bits per heavy atom. The molecule has 0 aliphatic carbocycles. The molecule has 2 aliphatic rings. The lowest BCUT2D eigenvalue weighted by molar-refractivity contribution is 0.544. The minimum Gasteiger partial charge on any atom is -0.372 e. The molecule has 0 radical (unpaired) electrons. The number of hydrogen-bond acceptors (Lipinski definition) is 5. The Hall–Kier alpha value is -1.15. The van der Waals surface area contributed by atoms with Gasteiger partial charge in [-0.1, -0.05) is 12.1 Å². The zero-order valence-electron chi connectivity index (χ0n) is 13.7. The van der Waals surface area contributed by atoms with Gasteiger partial charge >= 0.3 is 0 Å². The van der Waals surface area contributed by atoms with Crippen LogP contribution >= 0.6 is 0 Å². The summed E-state index contributed by atoms with van der Waals surface area (Å²) in [5, 5.41) is -0.466. The Morgan fingerprint density at radius 1 is 1.09 bits per heavy atom. The number of hydrogen-bond donors (Lipinski definition) is 3. The van der Waals surface area contributed by atoms with Crippen molar-refractivity contribution < 1.29 is 8.42 Å². The molecule has 2 aliphatic heterocycles. The van der Waals surface area contributed by atoms with Gasteiger partial charge in [-0.2, -0.15) is 0 Å². The van der Waals surface area contributed by atoms with Crippen molar-refractivity contribution in [2.45, 2.75) is 50.6 Å². The summed E-state index contributed by atoms with van der Waals surface area (Å²) in [6, 6.07) is 7.96. The molecule has 23 heavy (non-hydrogen) atoms. The van der Waals surface area contributed by atoms with Gasteiger partial charge in [-0.3, -0.25) is 10.9 Å². The molecule has 2 heterocycles. The number of rotatable bonds is 5. The molecule has 1 aromatic rings. The van der Waals surface area contributed by atoms with E-state index in [9.17, 15) is 8.42 Å². The molecule has 3 N–H and O–H groups in total. The first-order valence-electron chi connectivity index (χ1n) is 8.31. The molecule has 2 fully saturated rings. The predicted octanol–water partition coefficient (Wildman–Crippen LogP) is 0.960. The quantitative estimate of drug-likeness (QED) is 0.746. The molecule has 6 nitrogen and oxygen atoms in total. The lowest BCUT2D eigenvalue weighted by atomic mass is 10.2. The van der Waals surface area contributed by atoms with E-state index < -0.39 is 15.3 Å². The summed E-state index contributed by atoms with van der Waals surface area (Å²) in [6.07, 6.45) is 2.50. The minimum absolute atomic E-state index is 0.111. The first-order chi connectivity index (χ1) is 11.0. The Kier molecular flexibility index (Phi) is 4.91. The van der Waals surface area contributed by atoms with Crippen LogP contribution in [0.25, 0.3) is 0 Å². The van der Waals surface area contributed by atoms with Gasteiger partial charge in [-0.25, -0.2) is 13.1 Å². The Morgan fingerprint density at radius 3 is 2.22 bits per heavy atom. The summed E-state index contributed by atoms with van der Waals surface area (Å²) in [5.41, 5.74) is 8.18. The number of sulfonamides is 1. The third kappa shape index (κ3) is 3.68. The van der Waals surface area contributed by atoms with Crippen LogP contribution in [0.1, 0.15) is 32.3 Å². The molecule has 1 aromatic carbocycles. The van der Waals surface area contributed by atoms with Crippen molar-refractivity contribution in [2.24, 2.45) is 0 Å². The van der Waals surface area contributed by atoms with E-state index in [1.54, 1.807) is 0 Å². The van der Waals surface area contributed by atoms with E-state index in [0.717, 1.165) is 18.7 Å². The van der Waals surface area contributed by atoms with Crippen molar-refractivity contribution >= 4 is 15.7 Å². The molecule has 2 unspecified atom stereocenters. The van der Waals surface area contributed by atoms with Crippen LogP contribution < -0.4 is 20.5 Å². The smallest absolute Gasteiger partial charge is 0.217 e. The largest absolute Gasteiger partial charge is 0.372 e. The van der Waals surface area contributed by atoms with Crippen molar-refractivity contribution in [1.82, 2.24) is 15.6 Å². The van der Waals surface area contributed by atoms with E-state index >= 15 is 0 Å². The predicted molar refractivity (Wildman–Crippen MR) is 92.6 cm³/mol. The molecule has 0 saturated carbocycles. The molecule has 0 aromatic heterocycles. The summed E-state index contributed by atoms with van der Waals surface area (Å²) < 4.78 is 27.8. The second-order valence-electron chi connectivity index (χ2n) is 6.56. The maximum Gasteiger partial charge on any atom is 0.217 e. The maximum absolute atomic E-state index is 12.5. The SMILES string of the molecule is CC1NNC(C)C1S(=O)(=O)NCc1ccc(N2CCCC2)cc1. The number of nitrogens with zero attached hydrogens (tertiary/aromatic N) is 1. The van der Waals surface area contributed by atoms with Crippen molar-refractivity contribution in [1.29, 1.82) is 0 Å². The molecule has 3 rings (SSSR count). The third-order valence-electron chi connectivity index (χ3n) is 4.77. The number of benzene rings is 1. The van der Waals surface area contributed by atoms with Crippen LogP contribution in [-0.4, -0.2) is 38.8 Å². The summed E-state index contributed by atoms with van der Waals surface area (Å²) >= 11 is 0. The summed E-state index contributed by atoms with van der Waals surface area (Å²) in [7, 11) is -3.37. The summed E-state index contributed by atoms with van der Waals surface area (Å²) in [5.74, 6) is 0. The van der Waals surface area contributed by atoms with Gasteiger partial charge in [-0.15, -0.1) is 0 Å². The molecule has 0 spiro atoms. The fourth-order valence-corrected chi connectivity index (χ4v) is 5.25. The number of nitrogens with one attached hydrogen (secondary N) is 3. The van der Waals surface area contributed by atoms with Crippen LogP contribution in [0.4, 0.5) is 5.69 Å². The topological polar surface area (TPSA) is 73.5 Å². The van der Waals surface area contributed by atoms with Crippen LogP contribution in [-0.2, 0) is 16.6 Å². The van der Waals surface area contributed by atoms with Gasteiger partial charge in [0.25, 0.3) is 0 Å². The van der Waals surface area contributed by atoms with Crippen molar-refractivity contribution in [3.8, 4) is 0 Å². The van der Waals surface area contributed by atoms with Gasteiger partial charge < -0.3 is 4.90 Å². The minimum atomic E-state index is -3.37. The molecular weight excluding hydrogens is 312 g/mol. The average molecular weight is 338 g/mol. The molecule has 0 amide bonds. The Bertz CT molecular complexity index is 616. The summed E-state index contributed by atoms with van der Waals surface area (Å²) in [4.78, 5) is 2.37. The number of hydrazine groups is 1. The van der Waals surface area contributed by atoms with E-state index in [1.165, 1.54) is 18.5 Å². The summed E-state index contributed by atoms with van der Waals surface area (Å²) in [6.45, 7) is 6.32. The molecule has 0 bridgehead atoms. The highest BCUT2D eigenvalue weighted by molar-refractivity contribution is 7.90. The van der Waals surface area contributed by atoms with Crippen LogP contribution in [0, 0.1) is 0 Å². The van der Waals surface area contributed by atoms with Crippen LogP contribution in [0.5, 0.6) is 0 Å². The lowest BCUT2D eigenvalue weighted by Crippen LogP contribution is -2.44. The van der Waals surface area contributed by atoms with Crippen molar-refractivity contribution in [3.05, 3.63) is 29.8 Å². The van der Waals surface area contributed by atoms with Gasteiger partial charge in [0.1, 0.15) is 5.25 Å². The van der Waals surface area contributed by atoms with Crippen LogP contribution in [0.15, 0.2) is 24.3 Å². The van der Waals surface area contributed by atoms with Gasteiger partial charge in [0.15, 0.2) is 0 Å². The van der Waals surface area contributed by atoms with Crippen molar-refractivity contribution in [2.75, 3.05) is 18.0 Å². The first-order valence-corrected chi connectivity index (χ1v) is 9.85. The van der Waals surface area contributed by atoms with E-state index in [-0.39, 0.29) is 12.1 Å². The van der Waals surface area contributed by atoms with Gasteiger partial charge in [0.2, 0.25) is 10.0 Å². The highest BCUT2D eigenvalue weighted by Crippen LogP contribution is 2.21. The normalized spacial score (nSPS) is 28.4. The maximum atomic E-state index is 12.5. The zero-order valence-corrected chi connectivity index (χ0v) is 14.6. The molecule has 128 valence electrons. The second kappa shape index (κ2) is 6.76. The fraction of sp³-hybridized carbons (Fsp3) is 0.625. The fourth-order valence-electron chi connectivity index (χ4n) is 3.48. The van der Waals surface area contributed by atoms with Crippen LogP contribution in [0.3, 0.4) is 0 Å². The van der Waals surface area contributed by atoms with Gasteiger partial charge in [-0.05, 0) is 44.4 Å². The molecule has 2 atom stereocenters. The lowest BCUT2D eigenvalue weighted by Gasteiger charge is -2.20. The molecule has 2 saturated heterocycles. The highest BCUT2D eigenvalue weighted by Gasteiger charge is 2.39. The van der Waals surface area contributed by atoms with E-state index in [2.05, 4.69) is 32.6 Å². The van der Waals surface area contributed by atoms with Crippen LogP contribution in [0.2, 0.25) is 0 Å². The second-order valence-corrected chi connectivity index (χ2v) is 8.48. The molecule has 7 heteroatoms. The monoisotopic (exact) mass is 338 g/mol.